The molecule has 0 N–H and O–H groups in total. The molecule has 0 aromatic heterocycles. The largest absolute Gasteiger partial charge is 0.379 e. The average Bonchev–Trinajstić information content (AvgIpc) is 2.31. The van der Waals surface area contributed by atoms with Crippen molar-refractivity contribution in [2.75, 3.05) is 53.0 Å². The molecule has 104 valence electrons. The summed E-state index contributed by atoms with van der Waals surface area (Å²) < 4.78 is 5.20. The van der Waals surface area contributed by atoms with Crippen LogP contribution in [0.4, 0.5) is 0 Å². The molecule has 0 atom stereocenters. The average molecular weight is 244 g/mol. The Hall–Kier alpha value is -0.120. The maximum Gasteiger partial charge on any atom is 0.0594 e. The van der Waals surface area contributed by atoms with Gasteiger partial charge in [-0.15, -0.1) is 0 Å². The summed E-state index contributed by atoms with van der Waals surface area (Å²) in [7, 11) is 2.15. The molecule has 0 saturated carbocycles. The summed E-state index contributed by atoms with van der Waals surface area (Å²) in [6.45, 7) is 16.6. The molecular weight excluding hydrogens is 212 g/mol. The quantitative estimate of drug-likeness (QED) is 0.738. The maximum absolute atomic E-state index is 5.20. The van der Waals surface area contributed by atoms with E-state index in [-0.39, 0.29) is 0 Å². The van der Waals surface area contributed by atoms with Crippen molar-refractivity contribution in [3.8, 4) is 0 Å². The summed E-state index contributed by atoms with van der Waals surface area (Å²) in [5.41, 5.74) is 0. The van der Waals surface area contributed by atoms with E-state index in [1.54, 1.807) is 0 Å². The third kappa shape index (κ3) is 10.7. The Balaban J connectivity index is 0.000000304. The minimum atomic E-state index is 0.806. The highest BCUT2D eigenvalue weighted by Crippen LogP contribution is 1.96. The number of ether oxygens (including phenoxy) is 1. The van der Waals surface area contributed by atoms with E-state index in [4.69, 9.17) is 4.74 Å². The van der Waals surface area contributed by atoms with Crippen LogP contribution in [0.2, 0.25) is 0 Å². The van der Waals surface area contributed by atoms with E-state index < -0.39 is 0 Å². The molecule has 0 aromatic carbocycles. The van der Waals surface area contributed by atoms with Crippen LogP contribution in [0, 0.1) is 5.92 Å². The van der Waals surface area contributed by atoms with E-state index in [9.17, 15) is 0 Å². The monoisotopic (exact) mass is 244 g/mol. The van der Waals surface area contributed by atoms with Crippen LogP contribution in [0.3, 0.4) is 0 Å². The van der Waals surface area contributed by atoms with Crippen LogP contribution in [0.15, 0.2) is 0 Å². The van der Waals surface area contributed by atoms with Crippen molar-refractivity contribution < 1.29 is 4.74 Å². The summed E-state index contributed by atoms with van der Waals surface area (Å²) >= 11 is 0. The first-order valence-corrected chi connectivity index (χ1v) is 7.08. The lowest BCUT2D eigenvalue weighted by atomic mass is 10.2. The molecule has 0 aromatic rings. The van der Waals surface area contributed by atoms with E-state index in [0.717, 1.165) is 38.8 Å². The number of rotatable bonds is 5. The van der Waals surface area contributed by atoms with Crippen molar-refractivity contribution in [1.82, 2.24) is 9.80 Å². The number of hydrogen-bond acceptors (Lipinski definition) is 3. The molecule has 1 fully saturated rings. The van der Waals surface area contributed by atoms with E-state index in [1.165, 1.54) is 19.5 Å². The fourth-order valence-electron chi connectivity index (χ4n) is 1.89. The second kappa shape index (κ2) is 11.0. The fraction of sp³-hybridized carbons (Fsp3) is 1.00. The van der Waals surface area contributed by atoms with Gasteiger partial charge in [0.2, 0.25) is 0 Å². The molecule has 3 nitrogen and oxygen atoms in total. The third-order valence-corrected chi connectivity index (χ3v) is 2.86. The van der Waals surface area contributed by atoms with Gasteiger partial charge in [-0.25, -0.2) is 0 Å². The standard InChI is InChI=1S/C7H15NO.C7H17N/c1-2-3-8-4-6-9-7-5-8;1-5-8(4)6-7(2)3/h2-7H2,1H3;7H,5-6H2,1-4H3. The van der Waals surface area contributed by atoms with Crippen LogP contribution in [0.5, 0.6) is 0 Å². The summed E-state index contributed by atoms with van der Waals surface area (Å²) in [5.74, 6) is 0.806. The Morgan fingerprint density at radius 3 is 2.12 bits per heavy atom. The van der Waals surface area contributed by atoms with Gasteiger partial charge in [-0.2, -0.15) is 0 Å². The van der Waals surface area contributed by atoms with Gasteiger partial charge in [-0.1, -0.05) is 27.7 Å². The third-order valence-electron chi connectivity index (χ3n) is 2.86. The number of hydrogen-bond donors (Lipinski definition) is 0. The Labute approximate surface area is 108 Å². The smallest absolute Gasteiger partial charge is 0.0594 e. The van der Waals surface area contributed by atoms with Gasteiger partial charge < -0.3 is 9.64 Å². The first-order valence-electron chi connectivity index (χ1n) is 7.08. The summed E-state index contributed by atoms with van der Waals surface area (Å²) in [5, 5.41) is 0. The highest BCUT2D eigenvalue weighted by molar-refractivity contribution is 4.59. The molecule has 0 spiro atoms. The molecule has 0 amide bonds. The maximum atomic E-state index is 5.20. The van der Waals surface area contributed by atoms with Crippen molar-refractivity contribution in [2.45, 2.75) is 34.1 Å². The van der Waals surface area contributed by atoms with Gasteiger partial charge in [0.05, 0.1) is 13.2 Å². The second-order valence-corrected chi connectivity index (χ2v) is 5.20. The molecule has 1 aliphatic heterocycles. The lowest BCUT2D eigenvalue weighted by Crippen LogP contribution is -2.36. The minimum Gasteiger partial charge on any atom is -0.379 e. The van der Waals surface area contributed by atoms with E-state index in [0.29, 0.717) is 0 Å². The van der Waals surface area contributed by atoms with Gasteiger partial charge in [0.15, 0.2) is 0 Å². The molecule has 3 heteroatoms. The summed E-state index contributed by atoms with van der Waals surface area (Å²) in [6.07, 6.45) is 1.26. The SMILES string of the molecule is CCCN1CCOCC1.CCN(C)CC(C)C. The molecule has 0 bridgehead atoms. The van der Waals surface area contributed by atoms with Crippen LogP contribution in [-0.4, -0.2) is 62.8 Å². The van der Waals surface area contributed by atoms with Crippen LogP contribution in [0.1, 0.15) is 34.1 Å². The zero-order chi connectivity index (χ0) is 13.1. The molecule has 1 rings (SSSR count). The van der Waals surface area contributed by atoms with E-state index in [1.807, 2.05) is 0 Å². The summed E-state index contributed by atoms with van der Waals surface area (Å²) in [6, 6.07) is 0. The van der Waals surface area contributed by atoms with Gasteiger partial charge in [0.25, 0.3) is 0 Å². The van der Waals surface area contributed by atoms with Crippen molar-refractivity contribution in [1.29, 1.82) is 0 Å². The van der Waals surface area contributed by atoms with Crippen molar-refractivity contribution in [3.63, 3.8) is 0 Å². The van der Waals surface area contributed by atoms with Gasteiger partial charge >= 0.3 is 0 Å². The first-order chi connectivity index (χ1) is 8.10. The highest BCUT2D eigenvalue weighted by atomic mass is 16.5. The van der Waals surface area contributed by atoms with Crippen LogP contribution < -0.4 is 0 Å². The Morgan fingerprint density at radius 1 is 1.18 bits per heavy atom. The highest BCUT2D eigenvalue weighted by Gasteiger charge is 2.07. The predicted molar refractivity (Wildman–Crippen MR) is 75.6 cm³/mol. The Morgan fingerprint density at radius 2 is 1.76 bits per heavy atom. The zero-order valence-corrected chi connectivity index (χ0v) is 12.5. The Kier molecular flexibility index (Phi) is 10.9. The topological polar surface area (TPSA) is 15.7 Å². The van der Waals surface area contributed by atoms with Crippen LogP contribution in [0.25, 0.3) is 0 Å². The number of nitrogens with zero attached hydrogens (tertiary/aromatic N) is 2. The van der Waals surface area contributed by atoms with Crippen LogP contribution in [-0.2, 0) is 4.74 Å². The van der Waals surface area contributed by atoms with Gasteiger partial charge in [0, 0.05) is 19.6 Å². The number of morpholine rings is 1. The van der Waals surface area contributed by atoms with Crippen molar-refractivity contribution in [2.24, 2.45) is 5.92 Å². The lowest BCUT2D eigenvalue weighted by Gasteiger charge is -2.25. The van der Waals surface area contributed by atoms with Crippen molar-refractivity contribution >= 4 is 0 Å². The summed E-state index contributed by atoms with van der Waals surface area (Å²) in [4.78, 5) is 4.77. The molecule has 1 aliphatic rings. The molecule has 1 heterocycles. The van der Waals surface area contributed by atoms with Crippen LogP contribution >= 0.6 is 0 Å². The van der Waals surface area contributed by atoms with Gasteiger partial charge in [-0.3, -0.25) is 4.90 Å². The van der Waals surface area contributed by atoms with E-state index in [2.05, 4.69) is 44.5 Å². The van der Waals surface area contributed by atoms with Crippen molar-refractivity contribution in [3.05, 3.63) is 0 Å². The fourth-order valence-corrected chi connectivity index (χ4v) is 1.89. The van der Waals surface area contributed by atoms with Gasteiger partial charge in [0.1, 0.15) is 0 Å². The molecule has 0 radical (unpaired) electrons. The second-order valence-electron chi connectivity index (χ2n) is 5.20. The van der Waals surface area contributed by atoms with Gasteiger partial charge in [-0.05, 0) is 32.5 Å². The zero-order valence-electron chi connectivity index (χ0n) is 12.5. The predicted octanol–water partition coefficient (Wildman–Crippen LogP) is 2.32. The molecule has 0 aliphatic carbocycles. The molecule has 0 unspecified atom stereocenters. The van der Waals surface area contributed by atoms with E-state index >= 15 is 0 Å². The molecule has 17 heavy (non-hydrogen) atoms. The molecular formula is C14H32N2O. The Bertz CT molecular complexity index is 154. The molecule has 1 saturated heterocycles. The minimum absolute atomic E-state index is 0.806. The normalized spacial score (nSPS) is 17.1. The first kappa shape index (κ1) is 16.9. The lowest BCUT2D eigenvalue weighted by molar-refractivity contribution is 0.0380.